The van der Waals surface area contributed by atoms with Crippen molar-refractivity contribution in [3.63, 3.8) is 0 Å². The zero-order valence-corrected chi connectivity index (χ0v) is 12.6. The third kappa shape index (κ3) is 5.88. The van der Waals surface area contributed by atoms with Crippen LogP contribution < -0.4 is 5.32 Å². The van der Waals surface area contributed by atoms with Crippen molar-refractivity contribution >= 4 is 17.5 Å². The Morgan fingerprint density at radius 3 is 2.85 bits per heavy atom. The summed E-state index contributed by atoms with van der Waals surface area (Å²) in [6, 6.07) is 7.14. The van der Waals surface area contributed by atoms with Crippen LogP contribution in [0.5, 0.6) is 0 Å². The molecule has 0 aliphatic heterocycles. The Morgan fingerprint density at radius 2 is 2.20 bits per heavy atom. The number of aliphatic hydroxyl groups is 1. The summed E-state index contributed by atoms with van der Waals surface area (Å²) in [5.74, 6) is -0.101. The number of nitrogens with zero attached hydrogens (tertiary/aromatic N) is 1. The fourth-order valence-electron chi connectivity index (χ4n) is 1.80. The van der Waals surface area contributed by atoms with Crippen LogP contribution in [0, 0.1) is 0 Å². The molecule has 1 rings (SSSR count). The number of ether oxygens (including phenoxy) is 1. The number of hydrogen-bond donors (Lipinski definition) is 2. The molecule has 1 atom stereocenters. The topological polar surface area (TPSA) is 61.8 Å². The van der Waals surface area contributed by atoms with Gasteiger partial charge < -0.3 is 15.2 Å². The maximum Gasteiger partial charge on any atom is 0.234 e. The number of carbonyl (C=O) groups is 1. The lowest BCUT2D eigenvalue weighted by Gasteiger charge is -2.21. The van der Waals surface area contributed by atoms with Crippen LogP contribution in [0.2, 0.25) is 5.02 Å². The van der Waals surface area contributed by atoms with Crippen molar-refractivity contribution in [3.05, 3.63) is 34.9 Å². The second-order valence-corrected chi connectivity index (χ2v) is 4.98. The van der Waals surface area contributed by atoms with E-state index in [1.807, 2.05) is 12.1 Å². The summed E-state index contributed by atoms with van der Waals surface area (Å²) >= 11 is 6.02. The first kappa shape index (κ1) is 16.9. The van der Waals surface area contributed by atoms with E-state index in [1.54, 1.807) is 31.2 Å². The molecule has 0 unspecified atom stereocenters. The van der Waals surface area contributed by atoms with Crippen molar-refractivity contribution in [1.82, 2.24) is 10.2 Å². The number of amides is 1. The van der Waals surface area contributed by atoms with E-state index < -0.39 is 6.10 Å². The van der Waals surface area contributed by atoms with Crippen LogP contribution >= 0.6 is 11.6 Å². The van der Waals surface area contributed by atoms with Crippen molar-refractivity contribution in [2.24, 2.45) is 0 Å². The highest BCUT2D eigenvalue weighted by Crippen LogP contribution is 2.22. The lowest BCUT2D eigenvalue weighted by Crippen LogP contribution is -2.38. The largest absolute Gasteiger partial charge is 0.387 e. The molecule has 1 aromatic carbocycles. The highest BCUT2D eigenvalue weighted by Gasteiger charge is 2.15. The third-order valence-electron chi connectivity index (χ3n) is 2.79. The summed E-state index contributed by atoms with van der Waals surface area (Å²) in [6.07, 6.45) is -0.722. The van der Waals surface area contributed by atoms with Crippen molar-refractivity contribution in [2.75, 3.05) is 40.4 Å². The monoisotopic (exact) mass is 300 g/mol. The molecule has 1 aromatic rings. The number of hydrogen-bond acceptors (Lipinski definition) is 4. The molecule has 112 valence electrons. The Kier molecular flexibility index (Phi) is 7.54. The highest BCUT2D eigenvalue weighted by molar-refractivity contribution is 6.31. The van der Waals surface area contributed by atoms with Crippen molar-refractivity contribution in [3.8, 4) is 0 Å². The average Bonchev–Trinajstić information content (AvgIpc) is 2.39. The van der Waals surface area contributed by atoms with Crippen LogP contribution in [-0.4, -0.2) is 56.3 Å². The lowest BCUT2D eigenvalue weighted by atomic mass is 10.1. The maximum atomic E-state index is 11.6. The molecule has 0 spiro atoms. The van der Waals surface area contributed by atoms with Crippen LogP contribution in [0.1, 0.15) is 11.7 Å². The number of rotatable bonds is 8. The van der Waals surface area contributed by atoms with E-state index in [-0.39, 0.29) is 12.5 Å². The van der Waals surface area contributed by atoms with Crippen LogP contribution in [0.4, 0.5) is 0 Å². The fourth-order valence-corrected chi connectivity index (χ4v) is 2.06. The van der Waals surface area contributed by atoms with Crippen molar-refractivity contribution < 1.29 is 14.6 Å². The van der Waals surface area contributed by atoms with Crippen LogP contribution in [0.25, 0.3) is 0 Å². The molecule has 6 heteroatoms. The summed E-state index contributed by atoms with van der Waals surface area (Å²) in [4.78, 5) is 13.3. The summed E-state index contributed by atoms with van der Waals surface area (Å²) in [5, 5.41) is 13.4. The second kappa shape index (κ2) is 8.92. The Bertz CT molecular complexity index is 429. The molecule has 0 aromatic heterocycles. The SMILES string of the molecule is COCCNC(=O)CN(C)C[C@@H](O)c1ccccc1Cl. The molecule has 0 fully saturated rings. The minimum absolute atomic E-state index is 0.101. The van der Waals surface area contributed by atoms with Gasteiger partial charge in [-0.05, 0) is 13.1 Å². The average molecular weight is 301 g/mol. The zero-order valence-electron chi connectivity index (χ0n) is 11.8. The van der Waals surface area contributed by atoms with Crippen molar-refractivity contribution in [2.45, 2.75) is 6.10 Å². The molecule has 20 heavy (non-hydrogen) atoms. The van der Waals surface area contributed by atoms with Gasteiger partial charge in [0.2, 0.25) is 5.91 Å². The molecule has 0 radical (unpaired) electrons. The molecular formula is C14H21ClN2O3. The predicted molar refractivity (Wildman–Crippen MR) is 78.8 cm³/mol. The molecule has 0 heterocycles. The van der Waals surface area contributed by atoms with Gasteiger partial charge in [-0.2, -0.15) is 0 Å². The molecular weight excluding hydrogens is 280 g/mol. The fraction of sp³-hybridized carbons (Fsp3) is 0.500. The molecule has 0 aliphatic carbocycles. The Morgan fingerprint density at radius 1 is 1.50 bits per heavy atom. The quantitative estimate of drug-likeness (QED) is 0.705. The molecule has 0 aliphatic rings. The standard InChI is InChI=1S/C14H21ClN2O3/c1-17(10-14(19)16-7-8-20-2)9-13(18)11-5-3-4-6-12(11)15/h3-6,13,18H,7-10H2,1-2H3,(H,16,19)/t13-/m1/s1. The first-order valence-corrected chi connectivity index (χ1v) is 6.79. The number of carbonyl (C=O) groups excluding carboxylic acids is 1. The van der Waals surface area contributed by atoms with E-state index in [4.69, 9.17) is 16.3 Å². The van der Waals surface area contributed by atoms with E-state index in [0.29, 0.717) is 30.3 Å². The predicted octanol–water partition coefficient (Wildman–Crippen LogP) is 1.07. The molecule has 0 saturated carbocycles. The van der Waals surface area contributed by atoms with Crippen molar-refractivity contribution in [1.29, 1.82) is 0 Å². The summed E-state index contributed by atoms with van der Waals surface area (Å²) in [6.45, 7) is 1.51. The zero-order chi connectivity index (χ0) is 15.0. The minimum atomic E-state index is -0.722. The van der Waals surface area contributed by atoms with E-state index in [1.165, 1.54) is 0 Å². The van der Waals surface area contributed by atoms with Gasteiger partial charge in [0.05, 0.1) is 19.3 Å². The van der Waals surface area contributed by atoms with Crippen LogP contribution in [0.3, 0.4) is 0 Å². The van der Waals surface area contributed by atoms with Gasteiger partial charge in [-0.1, -0.05) is 29.8 Å². The summed E-state index contributed by atoms with van der Waals surface area (Å²) in [5.41, 5.74) is 0.667. The van der Waals surface area contributed by atoms with Gasteiger partial charge in [-0.15, -0.1) is 0 Å². The van der Waals surface area contributed by atoms with Crippen LogP contribution in [0.15, 0.2) is 24.3 Å². The van der Waals surface area contributed by atoms with E-state index in [2.05, 4.69) is 5.32 Å². The van der Waals surface area contributed by atoms with Gasteiger partial charge in [0, 0.05) is 30.8 Å². The Balaban J connectivity index is 2.40. The number of likely N-dealkylation sites (N-methyl/N-ethyl adjacent to an activating group) is 1. The van der Waals surface area contributed by atoms with Gasteiger partial charge in [-0.3, -0.25) is 9.69 Å². The first-order chi connectivity index (χ1) is 9.54. The van der Waals surface area contributed by atoms with E-state index >= 15 is 0 Å². The maximum absolute atomic E-state index is 11.6. The second-order valence-electron chi connectivity index (χ2n) is 4.58. The Hall–Kier alpha value is -1.14. The van der Waals surface area contributed by atoms with Gasteiger partial charge >= 0.3 is 0 Å². The van der Waals surface area contributed by atoms with Gasteiger partial charge in [0.25, 0.3) is 0 Å². The number of aliphatic hydroxyl groups excluding tert-OH is 1. The minimum Gasteiger partial charge on any atom is -0.387 e. The number of halogens is 1. The molecule has 0 saturated heterocycles. The summed E-state index contributed by atoms with van der Waals surface area (Å²) < 4.78 is 4.85. The smallest absolute Gasteiger partial charge is 0.234 e. The highest BCUT2D eigenvalue weighted by atomic mass is 35.5. The number of methoxy groups -OCH3 is 1. The van der Waals surface area contributed by atoms with Crippen LogP contribution in [-0.2, 0) is 9.53 Å². The first-order valence-electron chi connectivity index (χ1n) is 6.41. The molecule has 1 amide bonds. The summed E-state index contributed by atoms with van der Waals surface area (Å²) in [7, 11) is 3.36. The normalized spacial score (nSPS) is 12.4. The molecule has 0 bridgehead atoms. The molecule has 2 N–H and O–H groups in total. The molecule has 5 nitrogen and oxygen atoms in total. The third-order valence-corrected chi connectivity index (χ3v) is 3.13. The number of nitrogens with one attached hydrogen (secondary N) is 1. The lowest BCUT2D eigenvalue weighted by molar-refractivity contribution is -0.122. The van der Waals surface area contributed by atoms with Gasteiger partial charge in [0.1, 0.15) is 0 Å². The van der Waals surface area contributed by atoms with E-state index in [0.717, 1.165) is 0 Å². The van der Waals surface area contributed by atoms with E-state index in [9.17, 15) is 9.90 Å². The number of benzene rings is 1. The van der Waals surface area contributed by atoms with Gasteiger partial charge in [-0.25, -0.2) is 0 Å². The Labute approximate surface area is 124 Å². The van der Waals surface area contributed by atoms with Gasteiger partial charge in [0.15, 0.2) is 0 Å².